The molecule has 17 heavy (non-hydrogen) atoms. The Kier molecular flexibility index (Phi) is 2.35. The normalized spacial score (nSPS) is 29.8. The second-order valence-corrected chi connectivity index (χ2v) is 8.32. The maximum Gasteiger partial charge on any atom is 0.264 e. The average Bonchev–Trinajstić information content (AvgIpc) is 2.89. The van der Waals surface area contributed by atoms with E-state index in [1.165, 1.54) is 11.3 Å². The summed E-state index contributed by atoms with van der Waals surface area (Å²) in [7, 11) is -2.92. The minimum atomic E-state index is -2.92. The van der Waals surface area contributed by atoms with Crippen molar-refractivity contribution in [3.05, 3.63) is 21.9 Å². The molecule has 0 radical (unpaired) electrons. The molecule has 2 aliphatic rings. The maximum absolute atomic E-state index is 12.2. The Morgan fingerprint density at radius 1 is 1.47 bits per heavy atom. The van der Waals surface area contributed by atoms with Crippen molar-refractivity contribution in [2.45, 2.75) is 24.6 Å². The molecule has 2 bridgehead atoms. The molecule has 3 rings (SSSR count). The first-order valence-corrected chi connectivity index (χ1v) is 8.09. The number of nitrogens with zero attached hydrogens (tertiary/aromatic N) is 1. The lowest BCUT2D eigenvalue weighted by molar-refractivity contribution is 0.0751. The van der Waals surface area contributed by atoms with Gasteiger partial charge in [-0.3, -0.25) is 4.79 Å². The largest absolute Gasteiger partial charge is 0.333 e. The van der Waals surface area contributed by atoms with Crippen LogP contribution >= 0.6 is 11.3 Å². The van der Waals surface area contributed by atoms with Crippen LogP contribution in [-0.4, -0.2) is 42.8 Å². The number of aryl methyl sites for hydroxylation is 1. The van der Waals surface area contributed by atoms with Crippen molar-refractivity contribution in [3.8, 4) is 0 Å². The van der Waals surface area contributed by atoms with Gasteiger partial charge in [-0.25, -0.2) is 8.42 Å². The summed E-state index contributed by atoms with van der Waals surface area (Å²) >= 11 is 1.47. The fraction of sp³-hybridized carbons (Fsp3) is 0.545. The maximum atomic E-state index is 12.2. The monoisotopic (exact) mass is 271 g/mol. The lowest BCUT2D eigenvalue weighted by atomic mass is 10.2. The summed E-state index contributed by atoms with van der Waals surface area (Å²) in [6, 6.07) is 3.64. The fourth-order valence-electron chi connectivity index (χ4n) is 2.64. The van der Waals surface area contributed by atoms with Crippen LogP contribution in [0.25, 0.3) is 0 Å². The van der Waals surface area contributed by atoms with Gasteiger partial charge in [-0.2, -0.15) is 0 Å². The number of carbonyl (C=O) groups excluding carboxylic acids is 1. The average molecular weight is 271 g/mol. The zero-order chi connectivity index (χ0) is 12.2. The number of amides is 1. The quantitative estimate of drug-likeness (QED) is 0.767. The van der Waals surface area contributed by atoms with Crippen molar-refractivity contribution in [2.24, 2.45) is 0 Å². The highest BCUT2D eigenvalue weighted by Crippen LogP contribution is 2.34. The lowest BCUT2D eigenvalue weighted by Gasteiger charge is -2.26. The van der Waals surface area contributed by atoms with Crippen molar-refractivity contribution in [2.75, 3.05) is 12.3 Å². The first-order chi connectivity index (χ1) is 7.97. The molecule has 3 heterocycles. The highest BCUT2D eigenvalue weighted by molar-refractivity contribution is 7.92. The van der Waals surface area contributed by atoms with Gasteiger partial charge in [0.05, 0.1) is 15.9 Å². The fourth-order valence-corrected chi connectivity index (χ4v) is 5.49. The minimum absolute atomic E-state index is 0.00880. The van der Waals surface area contributed by atoms with Crippen LogP contribution < -0.4 is 0 Å². The van der Waals surface area contributed by atoms with Crippen LogP contribution in [0.2, 0.25) is 0 Å². The smallest absolute Gasteiger partial charge is 0.264 e. The van der Waals surface area contributed by atoms with Gasteiger partial charge in [0.15, 0.2) is 9.84 Å². The van der Waals surface area contributed by atoms with Crippen LogP contribution in [0, 0.1) is 6.92 Å². The zero-order valence-electron chi connectivity index (χ0n) is 9.42. The summed E-state index contributed by atoms with van der Waals surface area (Å²) in [5.74, 6) is 0.138. The summed E-state index contributed by atoms with van der Waals surface area (Å²) in [5, 5.41) is -0.322. The van der Waals surface area contributed by atoms with E-state index in [2.05, 4.69) is 0 Å². The van der Waals surface area contributed by atoms with E-state index in [0.717, 1.165) is 4.88 Å². The third kappa shape index (κ3) is 1.70. The minimum Gasteiger partial charge on any atom is -0.333 e. The summed E-state index contributed by atoms with van der Waals surface area (Å²) < 4.78 is 23.2. The van der Waals surface area contributed by atoms with E-state index in [4.69, 9.17) is 0 Å². The van der Waals surface area contributed by atoms with Crippen LogP contribution in [0.15, 0.2) is 12.1 Å². The number of rotatable bonds is 1. The number of fused-ring (bicyclic) bond motifs is 2. The number of hydrogen-bond donors (Lipinski definition) is 0. The highest BCUT2D eigenvalue weighted by Gasteiger charge is 2.50. The molecule has 1 aromatic heterocycles. The number of sulfone groups is 1. The van der Waals surface area contributed by atoms with Gasteiger partial charge in [0.2, 0.25) is 0 Å². The van der Waals surface area contributed by atoms with Crippen molar-refractivity contribution >= 4 is 27.1 Å². The third-order valence-electron chi connectivity index (χ3n) is 3.52. The Hall–Kier alpha value is -0.880. The van der Waals surface area contributed by atoms with Crippen LogP contribution in [0.5, 0.6) is 0 Å². The molecule has 0 aliphatic carbocycles. The van der Waals surface area contributed by atoms with Gasteiger partial charge in [-0.1, -0.05) is 0 Å². The van der Waals surface area contributed by atoms with E-state index in [9.17, 15) is 13.2 Å². The molecule has 0 saturated carbocycles. The van der Waals surface area contributed by atoms with Crippen molar-refractivity contribution < 1.29 is 13.2 Å². The number of thiophene rings is 1. The SMILES string of the molecule is Cc1ccc(C(=O)N2CC3CC2CS3(=O)=O)s1. The molecule has 1 amide bonds. The van der Waals surface area contributed by atoms with Gasteiger partial charge in [0.1, 0.15) is 0 Å². The van der Waals surface area contributed by atoms with Gasteiger partial charge in [-0.05, 0) is 25.5 Å². The van der Waals surface area contributed by atoms with Gasteiger partial charge in [0.25, 0.3) is 5.91 Å². The number of hydrogen-bond acceptors (Lipinski definition) is 4. The van der Waals surface area contributed by atoms with E-state index < -0.39 is 9.84 Å². The summed E-state index contributed by atoms with van der Waals surface area (Å²) in [4.78, 5) is 15.8. The molecule has 4 nitrogen and oxygen atoms in total. The standard InChI is InChI=1S/C11H13NO3S2/c1-7-2-3-10(16-7)11(13)12-5-9-4-8(12)6-17(9,14)15/h2-3,8-9H,4-6H2,1H3. The molecule has 6 heteroatoms. The molecule has 2 aliphatic heterocycles. The van der Waals surface area contributed by atoms with Gasteiger partial charge in [0, 0.05) is 17.5 Å². The second kappa shape index (κ2) is 3.55. The first-order valence-electron chi connectivity index (χ1n) is 5.56. The molecular weight excluding hydrogens is 258 g/mol. The predicted octanol–water partition coefficient (Wildman–Crippen LogP) is 1.07. The van der Waals surface area contributed by atoms with Crippen LogP contribution in [0.4, 0.5) is 0 Å². The third-order valence-corrected chi connectivity index (χ3v) is 6.72. The van der Waals surface area contributed by atoms with Gasteiger partial charge < -0.3 is 4.90 Å². The molecule has 0 spiro atoms. The molecule has 0 N–H and O–H groups in total. The predicted molar refractivity (Wildman–Crippen MR) is 66.1 cm³/mol. The van der Waals surface area contributed by atoms with Crippen LogP contribution in [0.3, 0.4) is 0 Å². The first kappa shape index (κ1) is 11.2. The van der Waals surface area contributed by atoms with E-state index in [-0.39, 0.29) is 23.0 Å². The molecule has 0 aromatic carbocycles. The van der Waals surface area contributed by atoms with Crippen molar-refractivity contribution in [1.82, 2.24) is 4.90 Å². The summed E-state index contributed by atoms with van der Waals surface area (Å²) in [6.45, 7) is 2.34. The zero-order valence-corrected chi connectivity index (χ0v) is 11.1. The molecule has 2 fully saturated rings. The lowest BCUT2D eigenvalue weighted by Crippen LogP contribution is -2.43. The summed E-state index contributed by atoms with van der Waals surface area (Å²) in [5.41, 5.74) is 0. The van der Waals surface area contributed by atoms with Gasteiger partial charge >= 0.3 is 0 Å². The van der Waals surface area contributed by atoms with E-state index in [1.807, 2.05) is 19.1 Å². The molecular formula is C11H13NO3S2. The Morgan fingerprint density at radius 2 is 2.24 bits per heavy atom. The van der Waals surface area contributed by atoms with Crippen molar-refractivity contribution in [1.29, 1.82) is 0 Å². The van der Waals surface area contributed by atoms with Crippen LogP contribution in [0.1, 0.15) is 21.0 Å². The molecule has 2 atom stereocenters. The van der Waals surface area contributed by atoms with Crippen molar-refractivity contribution in [3.63, 3.8) is 0 Å². The molecule has 92 valence electrons. The summed E-state index contributed by atoms with van der Waals surface area (Å²) in [6.07, 6.45) is 0.623. The van der Waals surface area contributed by atoms with Crippen LogP contribution in [-0.2, 0) is 9.84 Å². The molecule has 2 unspecified atom stereocenters. The topological polar surface area (TPSA) is 54.5 Å². The highest BCUT2D eigenvalue weighted by atomic mass is 32.2. The van der Waals surface area contributed by atoms with E-state index >= 15 is 0 Å². The number of carbonyl (C=O) groups is 1. The number of likely N-dealkylation sites (tertiary alicyclic amines) is 1. The Bertz CT molecular complexity index is 575. The molecule has 1 aromatic rings. The Balaban J connectivity index is 1.83. The van der Waals surface area contributed by atoms with Gasteiger partial charge in [-0.15, -0.1) is 11.3 Å². The second-order valence-electron chi connectivity index (χ2n) is 4.71. The molecule has 2 saturated heterocycles. The Morgan fingerprint density at radius 3 is 2.71 bits per heavy atom. The van der Waals surface area contributed by atoms with E-state index in [1.54, 1.807) is 4.90 Å². The Labute approximate surface area is 104 Å². The van der Waals surface area contributed by atoms with E-state index in [0.29, 0.717) is 17.8 Å².